The molecule has 0 saturated heterocycles. The number of anilines is 1. The lowest BCUT2D eigenvalue weighted by atomic mass is 9.94. The average Bonchev–Trinajstić information content (AvgIpc) is 3.05. The van der Waals surface area contributed by atoms with Crippen molar-refractivity contribution < 1.29 is 32.4 Å². The van der Waals surface area contributed by atoms with Crippen molar-refractivity contribution in [3.8, 4) is 11.5 Å². The maximum absolute atomic E-state index is 14.4. The van der Waals surface area contributed by atoms with Crippen LogP contribution in [-0.2, 0) is 32.6 Å². The van der Waals surface area contributed by atoms with E-state index in [2.05, 4.69) is 5.32 Å². The predicted octanol–water partition coefficient (Wildman–Crippen LogP) is 4.47. The molecule has 1 aliphatic rings. The number of nitro benzene ring substituents is 1. The lowest BCUT2D eigenvalue weighted by molar-refractivity contribution is -0.384. The number of nitrogens with one attached hydrogen (secondary N) is 1. The molecule has 0 radical (unpaired) electrons. The van der Waals surface area contributed by atoms with Crippen LogP contribution in [0.5, 0.6) is 11.5 Å². The Balaban J connectivity index is 1.79. The first-order valence-electron chi connectivity index (χ1n) is 15.1. The van der Waals surface area contributed by atoms with Crippen molar-refractivity contribution in [1.82, 2.24) is 10.2 Å². The topological polar surface area (TPSA) is 148 Å². The number of amides is 2. The Kier molecular flexibility index (Phi) is 11.6. The summed E-state index contributed by atoms with van der Waals surface area (Å²) in [6.07, 6.45) is 5.84. The van der Waals surface area contributed by atoms with Crippen LogP contribution < -0.4 is 19.1 Å². The van der Waals surface area contributed by atoms with Crippen molar-refractivity contribution in [2.45, 2.75) is 57.2 Å². The van der Waals surface area contributed by atoms with Gasteiger partial charge in [0.05, 0.1) is 25.4 Å². The molecule has 4 rings (SSSR count). The van der Waals surface area contributed by atoms with Gasteiger partial charge in [-0.2, -0.15) is 0 Å². The quantitative estimate of drug-likeness (QED) is 0.198. The summed E-state index contributed by atoms with van der Waals surface area (Å²) in [5.41, 5.74) is 0.934. The fourth-order valence-corrected chi connectivity index (χ4v) is 6.49. The van der Waals surface area contributed by atoms with Gasteiger partial charge in [-0.15, -0.1) is 0 Å². The molecule has 1 atom stereocenters. The van der Waals surface area contributed by atoms with E-state index in [1.54, 1.807) is 24.3 Å². The smallest absolute Gasteiger partial charge is 0.271 e. The lowest BCUT2D eigenvalue weighted by Crippen LogP contribution is -2.55. The molecule has 1 saturated carbocycles. The second-order valence-electron chi connectivity index (χ2n) is 11.3. The zero-order valence-electron chi connectivity index (χ0n) is 26.3. The number of nitrogens with zero attached hydrogens (tertiary/aromatic N) is 3. The number of ether oxygens (including phenoxy) is 2. The third kappa shape index (κ3) is 8.96. The molecule has 46 heavy (non-hydrogen) atoms. The SMILES string of the molecule is COc1cccc(CN(C(=O)CN(c2cc([N+](=O)[O-])ccc2OC)S(C)(=O)=O)[C@@H](Cc2ccccc2)C(=O)NC2CCCCC2)c1. The van der Waals surface area contributed by atoms with Crippen LogP contribution in [0.3, 0.4) is 0 Å². The molecule has 12 nitrogen and oxygen atoms in total. The number of methoxy groups -OCH3 is 2. The maximum Gasteiger partial charge on any atom is 0.271 e. The van der Waals surface area contributed by atoms with E-state index in [9.17, 15) is 28.1 Å². The van der Waals surface area contributed by atoms with Gasteiger partial charge in [0.25, 0.3) is 5.69 Å². The molecule has 1 N–H and O–H groups in total. The molecular weight excluding hydrogens is 612 g/mol. The molecule has 0 aliphatic heterocycles. The molecule has 0 bridgehead atoms. The Bertz CT molecular complexity index is 1630. The Morgan fingerprint density at radius 2 is 1.65 bits per heavy atom. The van der Waals surface area contributed by atoms with E-state index in [1.165, 1.54) is 31.3 Å². The van der Waals surface area contributed by atoms with Crippen LogP contribution in [0.4, 0.5) is 11.4 Å². The molecule has 1 aliphatic carbocycles. The van der Waals surface area contributed by atoms with Crippen molar-refractivity contribution >= 4 is 33.2 Å². The summed E-state index contributed by atoms with van der Waals surface area (Å²) in [5, 5.41) is 14.7. The van der Waals surface area contributed by atoms with E-state index >= 15 is 0 Å². The van der Waals surface area contributed by atoms with Gasteiger partial charge in [0.2, 0.25) is 21.8 Å². The Hall–Kier alpha value is -4.65. The third-order valence-corrected chi connectivity index (χ3v) is 9.16. The molecule has 2 amide bonds. The van der Waals surface area contributed by atoms with Crippen LogP contribution in [0.15, 0.2) is 72.8 Å². The zero-order chi connectivity index (χ0) is 33.3. The first-order chi connectivity index (χ1) is 22.0. The summed E-state index contributed by atoms with van der Waals surface area (Å²) < 4.78 is 37.8. The Morgan fingerprint density at radius 3 is 2.28 bits per heavy atom. The standard InChI is InChI=1S/C33H40N4O8S/c1-44-28-16-10-13-25(19-28)22-35(30(20-24-11-6-4-7-12-24)33(39)34-26-14-8-5-9-15-26)32(38)23-36(46(3,42)43)29-21-27(37(40)41)17-18-31(29)45-2/h4,6-7,10-13,16-19,21,26,30H,5,8-9,14-15,20,22-23H2,1-3H3,(H,34,39)/t30-/m0/s1. The summed E-state index contributed by atoms with van der Waals surface area (Å²) in [4.78, 5) is 40.8. The number of hydrogen-bond donors (Lipinski definition) is 1. The van der Waals surface area contributed by atoms with Gasteiger partial charge in [0.1, 0.15) is 29.8 Å². The minimum Gasteiger partial charge on any atom is -0.497 e. The van der Waals surface area contributed by atoms with Crippen LogP contribution in [0.25, 0.3) is 0 Å². The third-order valence-electron chi connectivity index (χ3n) is 8.03. The van der Waals surface area contributed by atoms with Gasteiger partial charge in [0.15, 0.2) is 0 Å². The normalized spacial score (nSPS) is 14.2. The highest BCUT2D eigenvalue weighted by atomic mass is 32.2. The average molecular weight is 653 g/mol. The predicted molar refractivity (Wildman–Crippen MR) is 174 cm³/mol. The fraction of sp³-hybridized carbons (Fsp3) is 0.394. The number of sulfonamides is 1. The molecular formula is C33H40N4O8S. The second kappa shape index (κ2) is 15.6. The summed E-state index contributed by atoms with van der Waals surface area (Å²) in [7, 11) is -1.35. The first-order valence-corrected chi connectivity index (χ1v) is 16.9. The minimum absolute atomic E-state index is 0.0269. The largest absolute Gasteiger partial charge is 0.497 e. The van der Waals surface area contributed by atoms with Crippen molar-refractivity contribution in [1.29, 1.82) is 0 Å². The van der Waals surface area contributed by atoms with Gasteiger partial charge in [-0.05, 0) is 42.2 Å². The Morgan fingerprint density at radius 1 is 0.957 bits per heavy atom. The fourth-order valence-electron chi connectivity index (χ4n) is 5.65. The van der Waals surface area contributed by atoms with E-state index in [0.29, 0.717) is 11.3 Å². The number of carbonyl (C=O) groups is 2. The zero-order valence-corrected chi connectivity index (χ0v) is 27.1. The lowest BCUT2D eigenvalue weighted by Gasteiger charge is -2.35. The summed E-state index contributed by atoms with van der Waals surface area (Å²) in [5.74, 6) is -0.443. The van der Waals surface area contributed by atoms with Crippen molar-refractivity contribution in [3.05, 3.63) is 94.0 Å². The van der Waals surface area contributed by atoms with Crippen molar-refractivity contribution in [3.63, 3.8) is 0 Å². The molecule has 0 heterocycles. The maximum atomic E-state index is 14.4. The highest BCUT2D eigenvalue weighted by Crippen LogP contribution is 2.34. The molecule has 3 aromatic rings. The van der Waals surface area contributed by atoms with E-state index in [1.807, 2.05) is 30.3 Å². The molecule has 3 aromatic carbocycles. The van der Waals surface area contributed by atoms with Gasteiger partial charge in [-0.3, -0.25) is 24.0 Å². The molecule has 246 valence electrons. The van der Waals surface area contributed by atoms with Crippen LogP contribution in [0.2, 0.25) is 0 Å². The summed E-state index contributed by atoms with van der Waals surface area (Å²) in [6.45, 7) is -0.766. The van der Waals surface area contributed by atoms with Gasteiger partial charge in [-0.1, -0.05) is 61.7 Å². The van der Waals surface area contributed by atoms with Gasteiger partial charge in [-0.25, -0.2) is 8.42 Å². The van der Waals surface area contributed by atoms with Crippen LogP contribution in [-0.4, -0.2) is 69.2 Å². The number of rotatable bonds is 14. The van der Waals surface area contributed by atoms with E-state index in [0.717, 1.165) is 54.3 Å². The van der Waals surface area contributed by atoms with Crippen LogP contribution in [0, 0.1) is 10.1 Å². The number of hydrogen-bond acceptors (Lipinski definition) is 8. The van der Waals surface area contributed by atoms with E-state index in [-0.39, 0.29) is 42.0 Å². The highest BCUT2D eigenvalue weighted by molar-refractivity contribution is 7.92. The van der Waals surface area contributed by atoms with Crippen LogP contribution >= 0.6 is 0 Å². The van der Waals surface area contributed by atoms with Crippen molar-refractivity contribution in [2.24, 2.45) is 0 Å². The molecule has 0 spiro atoms. The van der Waals surface area contributed by atoms with E-state index in [4.69, 9.17) is 9.47 Å². The first kappa shape index (κ1) is 34.2. The highest BCUT2D eigenvalue weighted by Gasteiger charge is 2.35. The Labute approximate surface area is 269 Å². The number of nitro groups is 1. The monoisotopic (exact) mass is 652 g/mol. The second-order valence-corrected chi connectivity index (χ2v) is 13.2. The molecule has 0 unspecified atom stereocenters. The van der Waals surface area contributed by atoms with Crippen LogP contribution in [0.1, 0.15) is 43.2 Å². The summed E-state index contributed by atoms with van der Waals surface area (Å²) >= 11 is 0. The van der Waals surface area contributed by atoms with E-state index < -0.39 is 33.4 Å². The number of carbonyl (C=O) groups excluding carboxylic acids is 2. The minimum atomic E-state index is -4.17. The molecule has 1 fully saturated rings. The molecule has 13 heteroatoms. The number of benzene rings is 3. The summed E-state index contributed by atoms with van der Waals surface area (Å²) in [6, 6.07) is 18.8. The van der Waals surface area contributed by atoms with Crippen molar-refractivity contribution in [2.75, 3.05) is 31.3 Å². The molecule has 0 aromatic heterocycles. The van der Waals surface area contributed by atoms with Gasteiger partial charge in [0, 0.05) is 31.1 Å². The van der Waals surface area contributed by atoms with Gasteiger partial charge >= 0.3 is 0 Å². The van der Waals surface area contributed by atoms with Gasteiger partial charge < -0.3 is 19.7 Å². The number of non-ortho nitro benzene ring substituents is 1.